The summed E-state index contributed by atoms with van der Waals surface area (Å²) in [6.45, 7) is 4.82. The van der Waals surface area contributed by atoms with Gasteiger partial charge in [-0.25, -0.2) is 0 Å². The third kappa shape index (κ3) is 3.82. The lowest BCUT2D eigenvalue weighted by molar-refractivity contribution is -0.122. The van der Waals surface area contributed by atoms with Crippen LogP contribution >= 0.6 is 0 Å². The zero-order chi connectivity index (χ0) is 17.8. The monoisotopic (exact) mass is 338 g/mol. The average molecular weight is 338 g/mol. The number of nitrogens with one attached hydrogen (secondary N) is 1. The number of carbonyl (C=O) groups is 2. The summed E-state index contributed by atoms with van der Waals surface area (Å²) in [5, 5.41) is 2.90. The van der Waals surface area contributed by atoms with Crippen molar-refractivity contribution >= 4 is 23.2 Å². The molecular weight excluding hydrogens is 316 g/mol. The van der Waals surface area contributed by atoms with Crippen LogP contribution in [0.2, 0.25) is 0 Å². The van der Waals surface area contributed by atoms with Gasteiger partial charge in [-0.05, 0) is 38.1 Å². The number of nitrogens with zero attached hydrogens (tertiary/aromatic N) is 1. The Kier molecular flexibility index (Phi) is 5.03. The maximum absolute atomic E-state index is 12.6. The first-order valence-corrected chi connectivity index (χ1v) is 8.48. The lowest BCUT2D eigenvalue weighted by Gasteiger charge is -2.17. The number of aryl methyl sites for hydroxylation is 1. The summed E-state index contributed by atoms with van der Waals surface area (Å²) < 4.78 is 5.53. The molecule has 1 aliphatic heterocycles. The zero-order valence-corrected chi connectivity index (χ0v) is 14.5. The molecule has 0 spiro atoms. The minimum absolute atomic E-state index is 0.0258. The smallest absolute Gasteiger partial charge is 0.229 e. The number of para-hydroxylation sites is 2. The van der Waals surface area contributed by atoms with Crippen molar-refractivity contribution in [3.05, 3.63) is 54.1 Å². The molecule has 1 N–H and O–H groups in total. The predicted octanol–water partition coefficient (Wildman–Crippen LogP) is 3.39. The molecule has 5 heteroatoms. The number of benzene rings is 2. The lowest BCUT2D eigenvalue weighted by Crippen LogP contribution is -2.28. The summed E-state index contributed by atoms with van der Waals surface area (Å²) >= 11 is 0. The van der Waals surface area contributed by atoms with Crippen molar-refractivity contribution in [3.63, 3.8) is 0 Å². The van der Waals surface area contributed by atoms with Crippen LogP contribution in [0.3, 0.4) is 0 Å². The SMILES string of the molecule is CCOc1ccccc1NC(=O)[C@@H]1CC(=O)N(c2ccc(C)cc2)C1. The van der Waals surface area contributed by atoms with E-state index < -0.39 is 0 Å². The van der Waals surface area contributed by atoms with Gasteiger partial charge in [-0.1, -0.05) is 29.8 Å². The fourth-order valence-corrected chi connectivity index (χ4v) is 2.94. The third-order valence-electron chi connectivity index (χ3n) is 4.29. The molecular formula is C20H22N2O3. The molecule has 1 fully saturated rings. The molecule has 1 aliphatic rings. The topological polar surface area (TPSA) is 58.6 Å². The van der Waals surface area contributed by atoms with Crippen molar-refractivity contribution in [2.75, 3.05) is 23.4 Å². The molecule has 1 atom stereocenters. The van der Waals surface area contributed by atoms with Gasteiger partial charge in [0.2, 0.25) is 11.8 Å². The molecule has 1 saturated heterocycles. The molecule has 0 saturated carbocycles. The molecule has 130 valence electrons. The largest absolute Gasteiger partial charge is 0.492 e. The Morgan fingerprint density at radius 2 is 1.92 bits per heavy atom. The van der Waals surface area contributed by atoms with Gasteiger partial charge in [0.15, 0.2) is 0 Å². The third-order valence-corrected chi connectivity index (χ3v) is 4.29. The lowest BCUT2D eigenvalue weighted by atomic mass is 10.1. The van der Waals surface area contributed by atoms with E-state index in [1.807, 2.05) is 56.3 Å². The van der Waals surface area contributed by atoms with Crippen molar-refractivity contribution in [2.24, 2.45) is 5.92 Å². The highest BCUT2D eigenvalue weighted by Gasteiger charge is 2.35. The van der Waals surface area contributed by atoms with Crippen LogP contribution in [-0.2, 0) is 9.59 Å². The number of carbonyl (C=O) groups excluding carboxylic acids is 2. The Bertz CT molecular complexity index is 771. The fraction of sp³-hybridized carbons (Fsp3) is 0.300. The van der Waals surface area contributed by atoms with Crippen LogP contribution in [0.4, 0.5) is 11.4 Å². The van der Waals surface area contributed by atoms with Gasteiger partial charge in [-0.2, -0.15) is 0 Å². The molecule has 2 aromatic rings. The average Bonchev–Trinajstić information content (AvgIpc) is 2.99. The minimum Gasteiger partial charge on any atom is -0.492 e. The molecule has 0 aliphatic carbocycles. The molecule has 0 unspecified atom stereocenters. The highest BCUT2D eigenvalue weighted by Crippen LogP contribution is 2.28. The van der Waals surface area contributed by atoms with Gasteiger partial charge in [0.1, 0.15) is 5.75 Å². The summed E-state index contributed by atoms with van der Waals surface area (Å²) in [5.74, 6) is 0.0822. The second-order valence-electron chi connectivity index (χ2n) is 6.16. The molecule has 25 heavy (non-hydrogen) atoms. The molecule has 0 radical (unpaired) electrons. The van der Waals surface area contributed by atoms with E-state index in [-0.39, 0.29) is 24.2 Å². The van der Waals surface area contributed by atoms with Gasteiger partial charge in [0.05, 0.1) is 18.2 Å². The number of amides is 2. The molecule has 1 heterocycles. The predicted molar refractivity (Wildman–Crippen MR) is 97.9 cm³/mol. The number of anilines is 2. The summed E-state index contributed by atoms with van der Waals surface area (Å²) in [6.07, 6.45) is 0.219. The normalized spacial score (nSPS) is 16.8. The van der Waals surface area contributed by atoms with Crippen molar-refractivity contribution in [2.45, 2.75) is 20.3 Å². The first kappa shape index (κ1) is 17.0. The van der Waals surface area contributed by atoms with Crippen LogP contribution in [0.1, 0.15) is 18.9 Å². The van der Waals surface area contributed by atoms with Gasteiger partial charge in [-0.15, -0.1) is 0 Å². The van der Waals surface area contributed by atoms with E-state index in [9.17, 15) is 9.59 Å². The van der Waals surface area contributed by atoms with Crippen LogP contribution in [0.25, 0.3) is 0 Å². The highest BCUT2D eigenvalue weighted by atomic mass is 16.5. The van der Waals surface area contributed by atoms with Crippen LogP contribution in [-0.4, -0.2) is 25.0 Å². The Balaban J connectivity index is 1.70. The van der Waals surface area contributed by atoms with E-state index in [1.54, 1.807) is 11.0 Å². The van der Waals surface area contributed by atoms with Gasteiger partial charge in [0.25, 0.3) is 0 Å². The Morgan fingerprint density at radius 1 is 1.20 bits per heavy atom. The Hall–Kier alpha value is -2.82. The maximum Gasteiger partial charge on any atom is 0.229 e. The molecule has 0 bridgehead atoms. The number of hydrogen-bond donors (Lipinski definition) is 1. The second kappa shape index (κ2) is 7.38. The van der Waals surface area contributed by atoms with E-state index in [0.717, 1.165) is 11.3 Å². The van der Waals surface area contributed by atoms with Gasteiger partial charge in [-0.3, -0.25) is 9.59 Å². The molecule has 0 aromatic heterocycles. The molecule has 2 aromatic carbocycles. The minimum atomic E-state index is -0.372. The van der Waals surface area contributed by atoms with E-state index in [2.05, 4.69) is 5.32 Å². The zero-order valence-electron chi connectivity index (χ0n) is 14.5. The maximum atomic E-state index is 12.6. The first-order valence-electron chi connectivity index (χ1n) is 8.48. The van der Waals surface area contributed by atoms with E-state index in [1.165, 1.54) is 0 Å². The van der Waals surface area contributed by atoms with Crippen LogP contribution in [0, 0.1) is 12.8 Å². The van der Waals surface area contributed by atoms with Crippen molar-refractivity contribution < 1.29 is 14.3 Å². The summed E-state index contributed by atoms with van der Waals surface area (Å²) in [4.78, 5) is 26.6. The number of rotatable bonds is 5. The fourth-order valence-electron chi connectivity index (χ4n) is 2.94. The van der Waals surface area contributed by atoms with Crippen LogP contribution < -0.4 is 15.0 Å². The second-order valence-corrected chi connectivity index (χ2v) is 6.16. The van der Waals surface area contributed by atoms with Gasteiger partial charge in [0, 0.05) is 18.7 Å². The molecule has 3 rings (SSSR count). The molecule has 5 nitrogen and oxygen atoms in total. The number of ether oxygens (including phenoxy) is 1. The van der Waals surface area contributed by atoms with Crippen molar-refractivity contribution in [3.8, 4) is 5.75 Å². The first-order chi connectivity index (χ1) is 12.1. The standard InChI is InChI=1S/C20H22N2O3/c1-3-25-18-7-5-4-6-17(18)21-20(24)15-12-19(23)22(13-15)16-10-8-14(2)9-11-16/h4-11,15H,3,12-13H2,1-2H3,(H,21,24)/t15-/m1/s1. The van der Waals surface area contributed by atoms with E-state index >= 15 is 0 Å². The number of hydrogen-bond acceptors (Lipinski definition) is 3. The van der Waals surface area contributed by atoms with Crippen molar-refractivity contribution in [1.82, 2.24) is 0 Å². The molecule has 2 amide bonds. The Morgan fingerprint density at radius 3 is 2.64 bits per heavy atom. The van der Waals surface area contributed by atoms with Crippen molar-refractivity contribution in [1.29, 1.82) is 0 Å². The summed E-state index contributed by atoms with van der Waals surface area (Å²) in [6, 6.07) is 15.1. The Labute approximate surface area is 147 Å². The summed E-state index contributed by atoms with van der Waals surface area (Å²) in [7, 11) is 0. The van der Waals surface area contributed by atoms with Crippen LogP contribution in [0.5, 0.6) is 5.75 Å². The quantitative estimate of drug-likeness (QED) is 0.909. The van der Waals surface area contributed by atoms with E-state index in [4.69, 9.17) is 4.74 Å². The van der Waals surface area contributed by atoms with Gasteiger partial charge >= 0.3 is 0 Å². The summed E-state index contributed by atoms with van der Waals surface area (Å²) in [5.41, 5.74) is 2.61. The highest BCUT2D eigenvalue weighted by molar-refractivity contribution is 6.03. The van der Waals surface area contributed by atoms with E-state index in [0.29, 0.717) is 24.6 Å². The van der Waals surface area contributed by atoms with Gasteiger partial charge < -0.3 is 15.0 Å². The van der Waals surface area contributed by atoms with Crippen LogP contribution in [0.15, 0.2) is 48.5 Å².